The third-order valence-electron chi connectivity index (χ3n) is 2.22. The van der Waals surface area contributed by atoms with Crippen molar-refractivity contribution < 1.29 is 13.7 Å². The molecule has 0 amide bonds. The first-order valence-electron chi connectivity index (χ1n) is 4.38. The summed E-state index contributed by atoms with van der Waals surface area (Å²) in [6.45, 7) is 0. The Bertz CT molecular complexity index is 578. The van der Waals surface area contributed by atoms with E-state index in [-0.39, 0.29) is 11.6 Å². The summed E-state index contributed by atoms with van der Waals surface area (Å²) in [5, 5.41) is 11.4. The lowest BCUT2D eigenvalue weighted by Gasteiger charge is -2.01. The van der Waals surface area contributed by atoms with Gasteiger partial charge in [0.25, 0.3) is 5.69 Å². The van der Waals surface area contributed by atoms with Crippen molar-refractivity contribution in [3.05, 3.63) is 40.6 Å². The lowest BCUT2D eigenvalue weighted by atomic mass is 10.2. The van der Waals surface area contributed by atoms with E-state index in [1.807, 2.05) is 0 Å². The molecule has 1 atom stereocenters. The molecule has 1 N–H and O–H groups in total. The van der Waals surface area contributed by atoms with E-state index in [1.165, 1.54) is 16.7 Å². The van der Waals surface area contributed by atoms with Gasteiger partial charge in [-0.3, -0.25) is 10.1 Å². The topological polar surface area (TPSA) is 85.4 Å². The first-order chi connectivity index (χ1) is 7.58. The highest BCUT2D eigenvalue weighted by atomic mass is 32.2. The summed E-state index contributed by atoms with van der Waals surface area (Å²) in [5.74, 6) is -0.0926. The second-order valence-electron chi connectivity index (χ2n) is 3.24. The smallest absolute Gasteiger partial charge is 0.271 e. The molecule has 16 heavy (non-hydrogen) atoms. The molecule has 0 radical (unpaired) electrons. The Labute approximate surface area is 92.9 Å². The average Bonchev–Trinajstić information content (AvgIpc) is 2.60. The number of hydrogen-bond donors (Lipinski definition) is 1. The van der Waals surface area contributed by atoms with Gasteiger partial charge in [0.15, 0.2) is 11.1 Å². The highest BCUT2D eigenvalue weighted by molar-refractivity contribution is 7.78. The van der Waals surface area contributed by atoms with Crippen molar-refractivity contribution in [2.75, 3.05) is 0 Å². The van der Waals surface area contributed by atoms with Crippen molar-refractivity contribution in [1.82, 2.24) is 4.57 Å². The Kier molecular flexibility index (Phi) is 2.71. The van der Waals surface area contributed by atoms with Crippen LogP contribution in [0.2, 0.25) is 0 Å². The summed E-state index contributed by atoms with van der Waals surface area (Å²) in [5.41, 5.74) is 0.549. The van der Waals surface area contributed by atoms with E-state index in [1.54, 1.807) is 18.3 Å². The maximum Gasteiger partial charge on any atom is 0.271 e. The van der Waals surface area contributed by atoms with Crippen LogP contribution in [0.4, 0.5) is 5.69 Å². The molecule has 1 aromatic carbocycles. The van der Waals surface area contributed by atoms with Crippen LogP contribution in [0.15, 0.2) is 30.5 Å². The third-order valence-corrected chi connectivity index (χ3v) is 2.72. The lowest BCUT2D eigenvalue weighted by Crippen LogP contribution is -2.01. The van der Waals surface area contributed by atoms with Crippen molar-refractivity contribution in [1.29, 1.82) is 0 Å². The highest BCUT2D eigenvalue weighted by Gasteiger charge is 2.09. The van der Waals surface area contributed by atoms with Crippen LogP contribution >= 0.6 is 0 Å². The minimum Gasteiger partial charge on any atom is -0.333 e. The van der Waals surface area contributed by atoms with Gasteiger partial charge in [0.2, 0.25) is 0 Å². The van der Waals surface area contributed by atoms with Crippen LogP contribution in [0.5, 0.6) is 0 Å². The van der Waals surface area contributed by atoms with Crippen molar-refractivity contribution in [2.45, 2.75) is 5.88 Å². The van der Waals surface area contributed by atoms with Crippen LogP contribution in [0.1, 0.15) is 0 Å². The molecule has 1 aromatic heterocycles. The minimum absolute atomic E-state index is 0.0313. The molecule has 2 rings (SSSR count). The van der Waals surface area contributed by atoms with Crippen molar-refractivity contribution >= 4 is 27.7 Å². The van der Waals surface area contributed by atoms with Gasteiger partial charge in [0.05, 0.1) is 10.4 Å². The Morgan fingerprint density at radius 3 is 2.81 bits per heavy atom. The number of hydrogen-bond acceptors (Lipinski definition) is 3. The maximum absolute atomic E-state index is 10.7. The molecule has 0 bridgehead atoms. The Morgan fingerprint density at radius 2 is 2.19 bits per heavy atom. The van der Waals surface area contributed by atoms with Gasteiger partial charge in [-0.1, -0.05) is 0 Å². The van der Waals surface area contributed by atoms with E-state index in [0.717, 1.165) is 5.39 Å². The molecule has 0 fully saturated rings. The van der Waals surface area contributed by atoms with E-state index >= 15 is 0 Å². The monoisotopic (exact) mass is 240 g/mol. The van der Waals surface area contributed by atoms with Crippen LogP contribution < -0.4 is 0 Å². The standard InChI is InChI=1S/C9H8N2O4S/c12-11(13)8-2-1-7-3-4-10(6-16(14)15)9(7)5-8/h1-5H,6H2,(H,14,15). The minimum atomic E-state index is -1.98. The number of benzene rings is 1. The van der Waals surface area contributed by atoms with E-state index in [0.29, 0.717) is 5.52 Å². The van der Waals surface area contributed by atoms with E-state index in [2.05, 4.69) is 0 Å². The molecule has 0 saturated heterocycles. The van der Waals surface area contributed by atoms with Gasteiger partial charge in [-0.05, 0) is 12.1 Å². The third kappa shape index (κ3) is 1.95. The van der Waals surface area contributed by atoms with Gasteiger partial charge in [0, 0.05) is 23.7 Å². The van der Waals surface area contributed by atoms with Crippen molar-refractivity contribution in [3.8, 4) is 0 Å². The Hall–Kier alpha value is -1.73. The van der Waals surface area contributed by atoms with Crippen molar-refractivity contribution in [2.24, 2.45) is 0 Å². The summed E-state index contributed by atoms with van der Waals surface area (Å²) in [6, 6.07) is 6.15. The molecule has 0 aliphatic rings. The second kappa shape index (κ2) is 4.03. The zero-order valence-corrected chi connectivity index (χ0v) is 8.88. The van der Waals surface area contributed by atoms with Crippen LogP contribution in [0.25, 0.3) is 10.9 Å². The fraction of sp³-hybridized carbons (Fsp3) is 0.111. The molecule has 2 aromatic rings. The lowest BCUT2D eigenvalue weighted by molar-refractivity contribution is -0.384. The van der Waals surface area contributed by atoms with Crippen LogP contribution in [-0.2, 0) is 17.0 Å². The predicted molar refractivity (Wildman–Crippen MR) is 59.4 cm³/mol. The van der Waals surface area contributed by atoms with E-state index in [4.69, 9.17) is 4.55 Å². The Balaban J connectivity index is 2.55. The first-order valence-corrected chi connectivity index (χ1v) is 5.66. The summed E-state index contributed by atoms with van der Waals surface area (Å²) < 4.78 is 21.0. The maximum atomic E-state index is 10.7. The molecule has 6 nitrogen and oxygen atoms in total. The highest BCUT2D eigenvalue weighted by Crippen LogP contribution is 2.21. The predicted octanol–water partition coefficient (Wildman–Crippen LogP) is 1.73. The molecule has 0 aliphatic heterocycles. The number of aromatic nitrogens is 1. The number of fused-ring (bicyclic) bond motifs is 1. The van der Waals surface area contributed by atoms with Crippen LogP contribution in [-0.4, -0.2) is 18.3 Å². The average molecular weight is 240 g/mol. The number of nitro groups is 1. The summed E-state index contributed by atoms with van der Waals surface area (Å²) in [7, 11) is 0. The normalized spacial score (nSPS) is 12.8. The van der Waals surface area contributed by atoms with E-state index in [9.17, 15) is 14.3 Å². The zero-order valence-electron chi connectivity index (χ0n) is 8.07. The van der Waals surface area contributed by atoms with Gasteiger partial charge in [-0.15, -0.1) is 0 Å². The number of nitro benzene ring substituents is 1. The molecule has 1 heterocycles. The summed E-state index contributed by atoms with van der Waals surface area (Å²) >= 11 is -1.98. The van der Waals surface area contributed by atoms with Crippen LogP contribution in [0.3, 0.4) is 0 Å². The number of nitrogens with zero attached hydrogens (tertiary/aromatic N) is 2. The van der Waals surface area contributed by atoms with Crippen molar-refractivity contribution in [3.63, 3.8) is 0 Å². The SMILES string of the molecule is O=[N+]([O-])c1ccc2ccn(CS(=O)O)c2c1. The van der Waals surface area contributed by atoms with Gasteiger partial charge in [-0.25, -0.2) is 4.21 Å². The molecule has 0 saturated carbocycles. The molecule has 7 heteroatoms. The van der Waals surface area contributed by atoms with Gasteiger partial charge >= 0.3 is 0 Å². The van der Waals surface area contributed by atoms with E-state index < -0.39 is 16.0 Å². The molecule has 1 unspecified atom stereocenters. The molecular weight excluding hydrogens is 232 g/mol. The number of non-ortho nitro benzene ring substituents is 1. The zero-order chi connectivity index (χ0) is 11.7. The van der Waals surface area contributed by atoms with Gasteiger partial charge in [-0.2, -0.15) is 0 Å². The van der Waals surface area contributed by atoms with Gasteiger partial charge < -0.3 is 9.12 Å². The summed E-state index contributed by atoms with van der Waals surface area (Å²) in [4.78, 5) is 10.1. The molecular formula is C9H8N2O4S. The number of rotatable bonds is 3. The second-order valence-corrected chi connectivity index (χ2v) is 4.14. The largest absolute Gasteiger partial charge is 0.333 e. The first kappa shape index (κ1) is 10.8. The molecule has 0 aliphatic carbocycles. The fourth-order valence-electron chi connectivity index (χ4n) is 1.52. The quantitative estimate of drug-likeness (QED) is 0.503. The molecule has 0 spiro atoms. The van der Waals surface area contributed by atoms with Crippen LogP contribution in [0, 0.1) is 10.1 Å². The summed E-state index contributed by atoms with van der Waals surface area (Å²) in [6.07, 6.45) is 1.63. The fourth-order valence-corrected chi connectivity index (χ4v) is 1.98. The molecule has 84 valence electrons. The Morgan fingerprint density at radius 1 is 1.44 bits per heavy atom. The van der Waals surface area contributed by atoms with Gasteiger partial charge in [0.1, 0.15) is 5.88 Å².